The summed E-state index contributed by atoms with van der Waals surface area (Å²) in [5.74, 6) is 0.752. The van der Waals surface area contributed by atoms with Crippen LogP contribution in [0.15, 0.2) is 53.4 Å². The minimum atomic E-state index is -3.54. The number of rotatable bonds is 8. The Balaban J connectivity index is 2.07. The van der Waals surface area contributed by atoms with Crippen molar-refractivity contribution in [1.82, 2.24) is 4.72 Å². The number of carbonyl (C=O) groups excluding carboxylic acids is 1. The molecule has 150 valence electrons. The van der Waals surface area contributed by atoms with E-state index in [1.165, 1.54) is 25.3 Å². The van der Waals surface area contributed by atoms with Gasteiger partial charge in [-0.3, -0.25) is 4.79 Å². The van der Waals surface area contributed by atoms with Crippen LogP contribution in [-0.4, -0.2) is 34.6 Å². The number of nitrogens with one attached hydrogen (secondary N) is 2. The third kappa shape index (κ3) is 5.83. The van der Waals surface area contributed by atoms with Gasteiger partial charge in [-0.1, -0.05) is 12.1 Å². The Kier molecular flexibility index (Phi) is 7.19. The molecule has 2 N–H and O–H groups in total. The molecule has 0 bridgehead atoms. The normalized spacial score (nSPS) is 11.6. The summed E-state index contributed by atoms with van der Waals surface area (Å²) >= 11 is 0. The first-order valence-electron chi connectivity index (χ1n) is 8.58. The third-order valence-corrected chi connectivity index (χ3v) is 5.35. The van der Waals surface area contributed by atoms with Crippen LogP contribution in [0.4, 0.5) is 5.69 Å². The molecule has 7 nitrogen and oxygen atoms in total. The summed E-state index contributed by atoms with van der Waals surface area (Å²) in [5.41, 5.74) is 1.21. The van der Waals surface area contributed by atoms with Gasteiger partial charge in [-0.15, -0.1) is 0 Å². The number of amides is 1. The maximum absolute atomic E-state index is 12.2. The lowest BCUT2D eigenvalue weighted by Crippen LogP contribution is -2.30. The molecule has 8 heteroatoms. The lowest BCUT2D eigenvalue weighted by atomic mass is 10.2. The first-order chi connectivity index (χ1) is 13.2. The quantitative estimate of drug-likeness (QED) is 0.660. The van der Waals surface area contributed by atoms with E-state index in [1.807, 2.05) is 0 Å². The molecular formula is C20H24N2O5S. The van der Waals surface area contributed by atoms with E-state index in [1.54, 1.807) is 57.4 Å². The third-order valence-electron chi connectivity index (χ3n) is 3.67. The van der Waals surface area contributed by atoms with Crippen molar-refractivity contribution in [3.63, 3.8) is 0 Å². The lowest BCUT2D eigenvalue weighted by Gasteiger charge is -2.10. The molecule has 2 aromatic rings. The minimum absolute atomic E-state index is 0.172. The maximum atomic E-state index is 12.2. The van der Waals surface area contributed by atoms with E-state index in [4.69, 9.17) is 9.47 Å². The number of methoxy groups -OCH3 is 2. The summed E-state index contributed by atoms with van der Waals surface area (Å²) in [5, 5.41) is 2.73. The van der Waals surface area contributed by atoms with Gasteiger partial charge in [0, 0.05) is 18.2 Å². The molecule has 0 radical (unpaired) electrons. The highest BCUT2D eigenvalue weighted by Crippen LogP contribution is 2.29. The highest BCUT2D eigenvalue weighted by molar-refractivity contribution is 7.89. The summed E-state index contributed by atoms with van der Waals surface area (Å²) in [6.07, 6.45) is 2.96. The fraction of sp³-hybridized carbons (Fsp3) is 0.250. The van der Waals surface area contributed by atoms with Gasteiger partial charge in [0.1, 0.15) is 11.5 Å². The molecule has 0 aromatic heterocycles. The molecule has 0 atom stereocenters. The van der Waals surface area contributed by atoms with E-state index in [2.05, 4.69) is 10.0 Å². The molecule has 0 fully saturated rings. The second-order valence-corrected chi connectivity index (χ2v) is 7.95. The van der Waals surface area contributed by atoms with Crippen LogP contribution in [0.2, 0.25) is 0 Å². The number of hydrogen-bond donors (Lipinski definition) is 2. The van der Waals surface area contributed by atoms with Crippen LogP contribution in [0, 0.1) is 0 Å². The zero-order valence-electron chi connectivity index (χ0n) is 16.2. The van der Waals surface area contributed by atoms with Crippen LogP contribution >= 0.6 is 0 Å². The molecule has 0 aliphatic heterocycles. The summed E-state index contributed by atoms with van der Waals surface area (Å²) in [4.78, 5) is 12.3. The average Bonchev–Trinajstić information content (AvgIpc) is 2.66. The molecule has 0 aliphatic rings. The van der Waals surface area contributed by atoms with E-state index in [0.29, 0.717) is 22.7 Å². The molecule has 2 rings (SSSR count). The molecule has 0 unspecified atom stereocenters. The Hall–Kier alpha value is -2.84. The molecule has 0 saturated carbocycles. The largest absolute Gasteiger partial charge is 0.497 e. The molecule has 0 heterocycles. The number of hydrogen-bond acceptors (Lipinski definition) is 5. The zero-order valence-corrected chi connectivity index (χ0v) is 17.0. The fourth-order valence-electron chi connectivity index (χ4n) is 2.38. The van der Waals surface area contributed by atoms with Crippen LogP contribution in [0.25, 0.3) is 6.08 Å². The zero-order chi connectivity index (χ0) is 20.7. The van der Waals surface area contributed by atoms with Crippen LogP contribution < -0.4 is 19.5 Å². The number of anilines is 1. The second kappa shape index (κ2) is 9.38. The number of ether oxygens (including phenoxy) is 2. The molecule has 0 spiro atoms. The van der Waals surface area contributed by atoms with E-state index < -0.39 is 10.0 Å². The molecule has 0 saturated heterocycles. The Morgan fingerprint density at radius 1 is 1.04 bits per heavy atom. The van der Waals surface area contributed by atoms with Crippen molar-refractivity contribution in [3.05, 3.63) is 54.1 Å². The standard InChI is InChI=1S/C20H24N2O5S/c1-14(2)22-28(24,25)17-9-5-15(6-10-17)7-12-20(23)21-18-11-8-16(26-3)13-19(18)27-4/h5-14,22H,1-4H3,(H,21,23)/b12-7+. The predicted octanol–water partition coefficient (Wildman–Crippen LogP) is 3.04. The van der Waals surface area contributed by atoms with Gasteiger partial charge in [0.15, 0.2) is 0 Å². The van der Waals surface area contributed by atoms with Crippen molar-refractivity contribution in [1.29, 1.82) is 0 Å². The molecule has 1 amide bonds. The summed E-state index contributed by atoms with van der Waals surface area (Å²) in [6, 6.07) is 11.1. The van der Waals surface area contributed by atoms with Gasteiger partial charge in [0.25, 0.3) is 0 Å². The van der Waals surface area contributed by atoms with Crippen LogP contribution in [-0.2, 0) is 14.8 Å². The van der Waals surface area contributed by atoms with E-state index >= 15 is 0 Å². The minimum Gasteiger partial charge on any atom is -0.497 e. The SMILES string of the molecule is COc1ccc(NC(=O)/C=C/c2ccc(S(=O)(=O)NC(C)C)cc2)c(OC)c1. The van der Waals surface area contributed by atoms with E-state index in [-0.39, 0.29) is 16.8 Å². The predicted molar refractivity (Wildman–Crippen MR) is 109 cm³/mol. The second-order valence-electron chi connectivity index (χ2n) is 6.23. The van der Waals surface area contributed by atoms with Gasteiger partial charge < -0.3 is 14.8 Å². The summed E-state index contributed by atoms with van der Waals surface area (Å²) in [7, 11) is -0.488. The van der Waals surface area contributed by atoms with Crippen molar-refractivity contribution in [3.8, 4) is 11.5 Å². The monoisotopic (exact) mass is 404 g/mol. The topological polar surface area (TPSA) is 93.7 Å². The van der Waals surface area contributed by atoms with Crippen molar-refractivity contribution in [2.75, 3.05) is 19.5 Å². The Morgan fingerprint density at radius 3 is 2.29 bits per heavy atom. The maximum Gasteiger partial charge on any atom is 0.248 e. The Bertz CT molecular complexity index is 951. The summed E-state index contributed by atoms with van der Waals surface area (Å²) < 4.78 is 37.1. The first kappa shape index (κ1) is 21.5. The number of sulfonamides is 1. The average molecular weight is 404 g/mol. The lowest BCUT2D eigenvalue weighted by molar-refractivity contribution is -0.111. The molecule has 2 aromatic carbocycles. The smallest absolute Gasteiger partial charge is 0.248 e. The highest BCUT2D eigenvalue weighted by atomic mass is 32.2. The summed E-state index contributed by atoms with van der Waals surface area (Å²) in [6.45, 7) is 3.51. The van der Waals surface area contributed by atoms with Gasteiger partial charge in [0.2, 0.25) is 15.9 Å². The van der Waals surface area contributed by atoms with Crippen LogP contribution in [0.3, 0.4) is 0 Å². The van der Waals surface area contributed by atoms with Gasteiger partial charge in [-0.2, -0.15) is 0 Å². The van der Waals surface area contributed by atoms with Crippen LogP contribution in [0.1, 0.15) is 19.4 Å². The first-order valence-corrected chi connectivity index (χ1v) is 10.1. The molecule has 0 aliphatic carbocycles. The number of benzene rings is 2. The molecule has 28 heavy (non-hydrogen) atoms. The van der Waals surface area contributed by atoms with Crippen molar-refractivity contribution >= 4 is 27.7 Å². The van der Waals surface area contributed by atoms with Gasteiger partial charge >= 0.3 is 0 Å². The Morgan fingerprint density at radius 2 is 1.71 bits per heavy atom. The van der Waals surface area contributed by atoms with E-state index in [0.717, 1.165) is 0 Å². The van der Waals surface area contributed by atoms with Crippen molar-refractivity contribution < 1.29 is 22.7 Å². The Labute approximate surface area is 165 Å². The van der Waals surface area contributed by atoms with Crippen LogP contribution in [0.5, 0.6) is 11.5 Å². The van der Waals surface area contributed by atoms with Crippen molar-refractivity contribution in [2.45, 2.75) is 24.8 Å². The van der Waals surface area contributed by atoms with Gasteiger partial charge in [-0.05, 0) is 49.8 Å². The highest BCUT2D eigenvalue weighted by Gasteiger charge is 2.14. The van der Waals surface area contributed by atoms with Gasteiger partial charge in [0.05, 0.1) is 24.8 Å². The number of carbonyl (C=O) groups is 1. The van der Waals surface area contributed by atoms with Crippen molar-refractivity contribution in [2.24, 2.45) is 0 Å². The fourth-order valence-corrected chi connectivity index (χ4v) is 3.64. The van der Waals surface area contributed by atoms with E-state index in [9.17, 15) is 13.2 Å². The van der Waals surface area contributed by atoms with Gasteiger partial charge in [-0.25, -0.2) is 13.1 Å². The molecular weight excluding hydrogens is 380 g/mol.